The highest BCUT2D eigenvalue weighted by molar-refractivity contribution is 6.14. The van der Waals surface area contributed by atoms with Gasteiger partial charge in [0.1, 0.15) is 0 Å². The minimum Gasteiger partial charge on any atom is -0.319 e. The lowest BCUT2D eigenvalue weighted by atomic mass is 9.95. The largest absolute Gasteiger partial charge is 0.319 e. The molecule has 0 N–H and O–H groups in total. The molecule has 0 radical (unpaired) electrons. The first-order chi connectivity index (χ1) is 39.1. The minimum absolute atomic E-state index is 0.445. The lowest BCUT2D eigenvalue weighted by molar-refractivity contribution is 1.16. The first-order valence-corrected chi connectivity index (χ1v) is 26.3. The Bertz CT molecular complexity index is 4680. The molecule has 4 aromatic heterocycles. The summed E-state index contributed by atoms with van der Waals surface area (Å²) in [5.41, 5.74) is 18.3. The molecular formula is C72H43N7. The van der Waals surface area contributed by atoms with E-state index in [9.17, 15) is 5.26 Å². The maximum Gasteiger partial charge on any atom is 0.211 e. The van der Waals surface area contributed by atoms with E-state index >= 15 is 0 Å². The Morgan fingerprint density at radius 3 is 1.19 bits per heavy atom. The molecule has 15 rings (SSSR count). The molecule has 0 bridgehead atoms. The average Bonchev–Trinajstić information content (AvgIpc) is 4.32. The fourth-order valence-corrected chi connectivity index (χ4v) is 11.9. The number of aromatic nitrogens is 5. The van der Waals surface area contributed by atoms with E-state index in [4.69, 9.17) is 16.5 Å². The van der Waals surface area contributed by atoms with Gasteiger partial charge in [0.05, 0.1) is 68.4 Å². The Kier molecular flexibility index (Phi) is 10.5. The van der Waals surface area contributed by atoms with Crippen molar-refractivity contribution in [2.75, 3.05) is 0 Å². The summed E-state index contributed by atoms with van der Waals surface area (Å²) < 4.78 is 6.87. The number of hydrogen-bond donors (Lipinski definition) is 0. The van der Waals surface area contributed by atoms with Crippen LogP contribution in [0.5, 0.6) is 0 Å². The molecule has 0 saturated carbocycles. The molecule has 0 fully saturated rings. The zero-order chi connectivity index (χ0) is 52.6. The molecule has 0 spiro atoms. The Morgan fingerprint density at radius 1 is 0.342 bits per heavy atom. The number of para-hydroxylation sites is 4. The molecule has 0 saturated heterocycles. The van der Waals surface area contributed by atoms with Crippen LogP contribution in [0.4, 0.5) is 5.69 Å². The molecule has 4 heterocycles. The lowest BCUT2D eigenvalue weighted by Gasteiger charge is -2.15. The van der Waals surface area contributed by atoms with Crippen molar-refractivity contribution in [1.82, 2.24) is 23.7 Å². The summed E-state index contributed by atoms with van der Waals surface area (Å²) in [6, 6.07) is 92.9. The maximum absolute atomic E-state index is 11.0. The zero-order valence-electron chi connectivity index (χ0n) is 42.5. The number of hydrogen-bond acceptors (Lipinski definition) is 3. The maximum atomic E-state index is 11.0. The van der Waals surface area contributed by atoms with Crippen LogP contribution in [0.1, 0.15) is 5.56 Å². The van der Waals surface area contributed by atoms with E-state index < -0.39 is 0 Å². The van der Waals surface area contributed by atoms with Crippen molar-refractivity contribution >= 4 is 71.1 Å². The first kappa shape index (κ1) is 45.3. The van der Waals surface area contributed by atoms with Gasteiger partial charge in [-0.1, -0.05) is 182 Å². The van der Waals surface area contributed by atoms with E-state index in [2.05, 4.69) is 213 Å². The fourth-order valence-electron chi connectivity index (χ4n) is 11.9. The molecule has 7 heteroatoms. The molecule has 0 amide bonds. The summed E-state index contributed by atoms with van der Waals surface area (Å²) in [6.45, 7) is 8.71. The van der Waals surface area contributed by atoms with E-state index in [1.165, 1.54) is 21.5 Å². The van der Waals surface area contributed by atoms with Crippen molar-refractivity contribution in [2.24, 2.45) is 0 Å². The highest BCUT2D eigenvalue weighted by atomic mass is 15.0. The smallest absolute Gasteiger partial charge is 0.211 e. The van der Waals surface area contributed by atoms with Crippen molar-refractivity contribution in [3.05, 3.63) is 278 Å². The summed E-state index contributed by atoms with van der Waals surface area (Å²) in [6.07, 6.45) is 0. The number of rotatable bonds is 8. The SMILES string of the molecule is [C-]#[N+]c1cc(-c2ccc(-c3ccc(-c4cc(-c5ccccc5)nc(-c5ccccc5)n4)cc3)cc2)c(C#N)cc1-n1c2ccc(-n3c4ccccc4c4ccccc43)cc2c2cc(-n3c4ccccc4c4ccccc43)ccc21. The molecule has 15 aromatic rings. The first-order valence-electron chi connectivity index (χ1n) is 26.3. The van der Waals surface area contributed by atoms with Crippen LogP contribution in [-0.2, 0) is 0 Å². The normalized spacial score (nSPS) is 11.5. The molecular weight excluding hydrogens is 963 g/mol. The third kappa shape index (κ3) is 7.41. The summed E-state index contributed by atoms with van der Waals surface area (Å²) in [7, 11) is 0. The summed E-state index contributed by atoms with van der Waals surface area (Å²) >= 11 is 0. The van der Waals surface area contributed by atoms with E-state index in [1.807, 2.05) is 72.8 Å². The Morgan fingerprint density at radius 2 is 0.734 bits per heavy atom. The number of benzene rings is 11. The van der Waals surface area contributed by atoms with Crippen molar-refractivity contribution in [1.29, 1.82) is 5.26 Å². The molecule has 0 unspecified atom stereocenters. The standard InChI is InChI=1S/C72H43N7/c1-74-64-43-59(48-32-28-46(29-33-48)47-30-34-50(35-31-47)63-44-62(49-16-4-2-5-17-49)75-72(76-63)51-18-6-3-7-19-51)52(45-73)40-71(64)79-69-38-36-53(77-65-24-12-8-20-55(65)56-21-9-13-25-66(56)77)41-60(69)61-42-54(37-39-70(61)79)78-67-26-14-10-22-57(67)58-23-11-15-27-68(58)78/h2-44H. The molecule has 0 aliphatic rings. The highest BCUT2D eigenvalue weighted by Crippen LogP contribution is 2.43. The Hall–Kier alpha value is -11.1. The fraction of sp³-hybridized carbons (Fsp3) is 0. The van der Waals surface area contributed by atoms with Crippen LogP contribution < -0.4 is 0 Å². The van der Waals surface area contributed by atoms with Crippen molar-refractivity contribution in [2.45, 2.75) is 0 Å². The Balaban J connectivity index is 0.835. The zero-order valence-corrected chi connectivity index (χ0v) is 42.5. The van der Waals surface area contributed by atoms with Gasteiger partial charge in [-0.2, -0.15) is 5.26 Å². The molecule has 0 aliphatic carbocycles. The minimum atomic E-state index is 0.445. The van der Waals surface area contributed by atoms with Crippen molar-refractivity contribution < 1.29 is 0 Å². The van der Waals surface area contributed by atoms with Crippen LogP contribution in [0, 0.1) is 17.9 Å². The van der Waals surface area contributed by atoms with Crippen molar-refractivity contribution in [3.8, 4) is 79.3 Å². The predicted octanol–water partition coefficient (Wildman–Crippen LogP) is 18.5. The molecule has 79 heavy (non-hydrogen) atoms. The van der Waals surface area contributed by atoms with E-state index in [-0.39, 0.29) is 0 Å². The van der Waals surface area contributed by atoms with Crippen LogP contribution in [0.25, 0.3) is 143 Å². The average molecular weight is 1010 g/mol. The number of nitrogens with zero attached hydrogens (tertiary/aromatic N) is 7. The number of fused-ring (bicyclic) bond motifs is 9. The molecule has 0 aliphatic heterocycles. The monoisotopic (exact) mass is 1010 g/mol. The van der Waals surface area contributed by atoms with Gasteiger partial charge in [-0.15, -0.1) is 0 Å². The van der Waals surface area contributed by atoms with E-state index in [0.29, 0.717) is 28.3 Å². The molecule has 7 nitrogen and oxygen atoms in total. The van der Waals surface area contributed by atoms with Gasteiger partial charge in [-0.05, 0) is 101 Å². The van der Waals surface area contributed by atoms with Crippen LogP contribution in [0.15, 0.2) is 261 Å². The van der Waals surface area contributed by atoms with E-state index in [1.54, 1.807) is 0 Å². The topological polar surface area (TPSA) is 68.7 Å². The van der Waals surface area contributed by atoms with Gasteiger partial charge in [-0.3, -0.25) is 0 Å². The van der Waals surface area contributed by atoms with Crippen LogP contribution in [0.2, 0.25) is 0 Å². The van der Waals surface area contributed by atoms with E-state index in [0.717, 1.165) is 100 Å². The number of nitriles is 1. The van der Waals surface area contributed by atoms with Gasteiger partial charge in [0.2, 0.25) is 5.69 Å². The summed E-state index contributed by atoms with van der Waals surface area (Å²) in [5.74, 6) is 0.674. The second-order valence-corrected chi connectivity index (χ2v) is 19.9. The molecule has 0 atom stereocenters. The second kappa shape index (κ2) is 18.3. The lowest BCUT2D eigenvalue weighted by Crippen LogP contribution is -1.98. The van der Waals surface area contributed by atoms with Crippen LogP contribution in [-0.4, -0.2) is 23.7 Å². The van der Waals surface area contributed by atoms with Gasteiger partial charge < -0.3 is 13.7 Å². The van der Waals surface area contributed by atoms with Crippen LogP contribution >= 0.6 is 0 Å². The predicted molar refractivity (Wildman–Crippen MR) is 323 cm³/mol. The summed E-state index contributed by atoms with van der Waals surface area (Å²) in [5, 5.41) is 17.8. The van der Waals surface area contributed by atoms with Gasteiger partial charge in [0, 0.05) is 60.4 Å². The highest BCUT2D eigenvalue weighted by Gasteiger charge is 2.22. The van der Waals surface area contributed by atoms with Crippen molar-refractivity contribution in [3.63, 3.8) is 0 Å². The van der Waals surface area contributed by atoms with Crippen LogP contribution in [0.3, 0.4) is 0 Å². The van der Waals surface area contributed by atoms with Gasteiger partial charge in [0.15, 0.2) is 5.82 Å². The van der Waals surface area contributed by atoms with Gasteiger partial charge in [0.25, 0.3) is 0 Å². The Labute approximate surface area is 454 Å². The second-order valence-electron chi connectivity index (χ2n) is 19.9. The van der Waals surface area contributed by atoms with Gasteiger partial charge >= 0.3 is 0 Å². The quantitative estimate of drug-likeness (QED) is 0.142. The van der Waals surface area contributed by atoms with Gasteiger partial charge in [-0.25, -0.2) is 14.8 Å². The third-order valence-corrected chi connectivity index (χ3v) is 15.5. The molecule has 366 valence electrons. The third-order valence-electron chi connectivity index (χ3n) is 15.5. The molecule has 11 aromatic carbocycles. The summed E-state index contributed by atoms with van der Waals surface area (Å²) in [4.78, 5) is 14.2.